The van der Waals surface area contributed by atoms with E-state index in [4.69, 9.17) is 0 Å². The Morgan fingerprint density at radius 3 is 2.46 bits per heavy atom. The molecule has 24 heavy (non-hydrogen) atoms. The zero-order chi connectivity index (χ0) is 16.1. The van der Waals surface area contributed by atoms with Crippen molar-refractivity contribution in [1.29, 1.82) is 0 Å². The zero-order valence-electron chi connectivity index (χ0n) is 13.5. The molecule has 0 spiro atoms. The Balaban J connectivity index is 1.32. The van der Waals surface area contributed by atoms with Crippen LogP contribution in [0.3, 0.4) is 0 Å². The molecular weight excluding hydrogens is 366 g/mol. The van der Waals surface area contributed by atoms with E-state index in [1.165, 1.54) is 23.5 Å². The van der Waals surface area contributed by atoms with Crippen molar-refractivity contribution in [2.24, 2.45) is 11.8 Å². The summed E-state index contributed by atoms with van der Waals surface area (Å²) in [5, 5.41) is 0. The molecule has 0 bridgehead atoms. The smallest absolute Gasteiger partial charge is 0.135 e. The van der Waals surface area contributed by atoms with Crippen LogP contribution in [0.25, 0.3) is 0 Å². The summed E-state index contributed by atoms with van der Waals surface area (Å²) >= 11 is 3.46. The third kappa shape index (κ3) is 2.39. The third-order valence-electron chi connectivity index (χ3n) is 5.67. The molecule has 124 valence electrons. The predicted molar refractivity (Wildman–Crippen MR) is 97.4 cm³/mol. The molecule has 0 saturated carbocycles. The van der Waals surface area contributed by atoms with Gasteiger partial charge in [0, 0.05) is 59.9 Å². The first-order valence-corrected chi connectivity index (χ1v) is 9.51. The van der Waals surface area contributed by atoms with Crippen molar-refractivity contribution in [3.8, 4) is 0 Å². The summed E-state index contributed by atoms with van der Waals surface area (Å²) in [6, 6.07) is 4.19. The molecule has 0 radical (unpaired) electrons. The first kappa shape index (κ1) is 14.6. The molecule has 2 unspecified atom stereocenters. The maximum absolute atomic E-state index is 4.63. The van der Waals surface area contributed by atoms with Crippen LogP contribution in [0.1, 0.15) is 17.7 Å². The molecule has 1 aliphatic carbocycles. The van der Waals surface area contributed by atoms with Crippen molar-refractivity contribution < 1.29 is 0 Å². The highest BCUT2D eigenvalue weighted by atomic mass is 79.9. The summed E-state index contributed by atoms with van der Waals surface area (Å²) in [6.45, 7) is 4.43. The molecule has 6 heteroatoms. The zero-order valence-corrected chi connectivity index (χ0v) is 15.1. The van der Waals surface area contributed by atoms with Gasteiger partial charge in [-0.3, -0.25) is 0 Å². The van der Waals surface area contributed by atoms with Crippen LogP contribution >= 0.6 is 15.9 Å². The maximum atomic E-state index is 4.63. The van der Waals surface area contributed by atoms with Gasteiger partial charge in [0.05, 0.1) is 0 Å². The molecule has 0 amide bonds. The lowest BCUT2D eigenvalue weighted by molar-refractivity contribution is 0.533. The topological polar surface area (TPSA) is 45.2 Å². The maximum Gasteiger partial charge on any atom is 0.135 e. The Hall–Kier alpha value is -1.69. The Morgan fingerprint density at radius 2 is 1.71 bits per heavy atom. The van der Waals surface area contributed by atoms with E-state index in [1.54, 1.807) is 6.33 Å². The second-order valence-electron chi connectivity index (χ2n) is 7.14. The van der Waals surface area contributed by atoms with E-state index in [2.05, 4.69) is 52.8 Å². The van der Waals surface area contributed by atoms with Crippen molar-refractivity contribution in [2.75, 3.05) is 36.0 Å². The number of halogens is 1. The average Bonchev–Trinajstić information content (AvgIpc) is 3.29. The minimum absolute atomic E-state index is 0.711. The number of nitrogens with zero attached hydrogens (tertiary/aromatic N) is 5. The predicted octanol–water partition coefficient (Wildman–Crippen LogP) is 2.70. The molecule has 2 saturated heterocycles. The number of pyridine rings is 1. The Labute approximate surface area is 150 Å². The number of aryl methyl sites for hydroxylation is 1. The van der Waals surface area contributed by atoms with Gasteiger partial charge < -0.3 is 9.80 Å². The molecule has 2 atom stereocenters. The van der Waals surface area contributed by atoms with Crippen LogP contribution in [0, 0.1) is 11.8 Å². The molecule has 3 aliphatic rings. The minimum atomic E-state index is 0.711. The van der Waals surface area contributed by atoms with Gasteiger partial charge in [-0.2, -0.15) is 0 Å². The molecule has 2 aliphatic heterocycles. The lowest BCUT2D eigenvalue weighted by Gasteiger charge is -2.24. The molecule has 2 aromatic rings. The van der Waals surface area contributed by atoms with Crippen LogP contribution in [-0.2, 0) is 12.8 Å². The Kier molecular flexibility index (Phi) is 3.47. The summed E-state index contributed by atoms with van der Waals surface area (Å²) in [5.41, 5.74) is 2.68. The number of rotatable bonds is 2. The fourth-order valence-corrected chi connectivity index (χ4v) is 4.76. The second-order valence-corrected chi connectivity index (χ2v) is 8.06. The van der Waals surface area contributed by atoms with Crippen LogP contribution in [-0.4, -0.2) is 41.1 Å². The van der Waals surface area contributed by atoms with Gasteiger partial charge in [0.1, 0.15) is 18.0 Å². The van der Waals surface area contributed by atoms with Crippen LogP contribution < -0.4 is 9.80 Å². The Bertz CT molecular complexity index is 749. The molecule has 5 rings (SSSR count). The molecule has 5 nitrogen and oxygen atoms in total. The van der Waals surface area contributed by atoms with E-state index in [-0.39, 0.29) is 0 Å². The highest BCUT2D eigenvalue weighted by Crippen LogP contribution is 2.37. The highest BCUT2D eigenvalue weighted by molar-refractivity contribution is 9.10. The quantitative estimate of drug-likeness (QED) is 0.794. The largest absolute Gasteiger partial charge is 0.356 e. The van der Waals surface area contributed by atoms with Crippen molar-refractivity contribution in [3.05, 3.63) is 40.4 Å². The fraction of sp³-hybridized carbons (Fsp3) is 0.500. The molecule has 2 aromatic heterocycles. The normalized spacial score (nSPS) is 25.2. The fourth-order valence-electron chi connectivity index (χ4n) is 4.52. The van der Waals surface area contributed by atoms with Crippen LogP contribution in [0.5, 0.6) is 0 Å². The van der Waals surface area contributed by atoms with Gasteiger partial charge in [-0.25, -0.2) is 15.0 Å². The minimum Gasteiger partial charge on any atom is -0.356 e. The van der Waals surface area contributed by atoms with Gasteiger partial charge in [-0.1, -0.05) is 0 Å². The Morgan fingerprint density at radius 1 is 0.917 bits per heavy atom. The average molecular weight is 386 g/mol. The first-order valence-electron chi connectivity index (χ1n) is 8.72. The molecule has 0 aromatic carbocycles. The summed E-state index contributed by atoms with van der Waals surface area (Å²) < 4.78 is 1.04. The second kappa shape index (κ2) is 5.69. The van der Waals surface area contributed by atoms with E-state index >= 15 is 0 Å². The van der Waals surface area contributed by atoms with Crippen molar-refractivity contribution in [1.82, 2.24) is 15.0 Å². The van der Waals surface area contributed by atoms with Gasteiger partial charge in [0.2, 0.25) is 0 Å². The van der Waals surface area contributed by atoms with E-state index in [9.17, 15) is 0 Å². The summed E-state index contributed by atoms with van der Waals surface area (Å²) in [7, 11) is 0. The van der Waals surface area contributed by atoms with Crippen molar-refractivity contribution in [2.45, 2.75) is 19.3 Å². The van der Waals surface area contributed by atoms with E-state index in [0.29, 0.717) is 11.8 Å². The van der Waals surface area contributed by atoms with Gasteiger partial charge in [0.15, 0.2) is 0 Å². The van der Waals surface area contributed by atoms with E-state index < -0.39 is 0 Å². The summed E-state index contributed by atoms with van der Waals surface area (Å²) in [5.74, 6) is 3.73. The molecule has 2 fully saturated rings. The number of hydrogen-bond donors (Lipinski definition) is 0. The summed E-state index contributed by atoms with van der Waals surface area (Å²) in [4.78, 5) is 18.6. The van der Waals surface area contributed by atoms with Gasteiger partial charge in [-0.05, 0) is 47.3 Å². The molecule has 4 heterocycles. The molecular formula is C18H20BrN5. The number of hydrogen-bond acceptors (Lipinski definition) is 5. The number of fused-ring (bicyclic) bond motifs is 2. The number of aromatic nitrogens is 3. The monoisotopic (exact) mass is 385 g/mol. The summed E-state index contributed by atoms with van der Waals surface area (Å²) in [6.07, 6.45) is 7.14. The highest BCUT2D eigenvalue weighted by Gasteiger charge is 2.41. The lowest BCUT2D eigenvalue weighted by Crippen LogP contribution is -2.30. The third-order valence-corrected chi connectivity index (χ3v) is 6.14. The first-order chi connectivity index (χ1) is 11.8. The van der Waals surface area contributed by atoms with Crippen LogP contribution in [0.4, 0.5) is 11.6 Å². The van der Waals surface area contributed by atoms with Crippen LogP contribution in [0.2, 0.25) is 0 Å². The molecule has 0 N–H and O–H groups in total. The van der Waals surface area contributed by atoms with E-state index in [1.807, 2.05) is 6.20 Å². The van der Waals surface area contributed by atoms with Crippen molar-refractivity contribution >= 4 is 27.6 Å². The SMILES string of the molecule is Brc1ccc(N2CC3CN(c4ncnc5c4CCC5)CC3C2)nc1. The lowest BCUT2D eigenvalue weighted by atomic mass is 10.0. The van der Waals surface area contributed by atoms with Gasteiger partial charge in [0.25, 0.3) is 0 Å². The van der Waals surface area contributed by atoms with Crippen molar-refractivity contribution in [3.63, 3.8) is 0 Å². The van der Waals surface area contributed by atoms with Gasteiger partial charge >= 0.3 is 0 Å². The van der Waals surface area contributed by atoms with E-state index in [0.717, 1.165) is 49.3 Å². The standard InChI is InChI=1S/C18H20BrN5/c19-14-4-5-17(20-6-14)23-7-12-9-24(10-13(12)8-23)18-15-2-1-3-16(15)21-11-22-18/h4-6,11-13H,1-3,7-10H2. The van der Waals surface area contributed by atoms with Gasteiger partial charge in [-0.15, -0.1) is 0 Å². The van der Waals surface area contributed by atoms with Crippen LogP contribution in [0.15, 0.2) is 29.1 Å². The number of anilines is 2.